The highest BCUT2D eigenvalue weighted by atomic mass is 79.9. The van der Waals surface area contributed by atoms with Crippen LogP contribution >= 0.6 is 50.2 Å². The number of aryl methyl sites for hydroxylation is 1. The van der Waals surface area contributed by atoms with E-state index < -0.39 is 0 Å². The predicted octanol–water partition coefficient (Wildman–Crippen LogP) is 6.36. The zero-order valence-corrected chi connectivity index (χ0v) is 13.6. The quantitative estimate of drug-likeness (QED) is 0.468. The van der Waals surface area contributed by atoms with Crippen molar-refractivity contribution >= 4 is 60.3 Å². The zero-order chi connectivity index (χ0) is 12.7. The van der Waals surface area contributed by atoms with E-state index in [9.17, 15) is 0 Å². The van der Waals surface area contributed by atoms with Crippen molar-refractivity contribution in [2.75, 3.05) is 0 Å². The van der Waals surface area contributed by atoms with Crippen molar-refractivity contribution in [2.45, 2.75) is 12.3 Å². The van der Waals surface area contributed by atoms with Crippen molar-refractivity contribution in [2.24, 2.45) is 0 Å². The molecule has 3 aromatic rings. The first-order valence-electron chi connectivity index (χ1n) is 5.53. The minimum absolute atomic E-state index is 0.0493. The fourth-order valence-corrected chi connectivity index (χ4v) is 4.96. The Morgan fingerprint density at radius 3 is 2.78 bits per heavy atom. The molecule has 3 rings (SSSR count). The third-order valence-electron chi connectivity index (χ3n) is 2.87. The summed E-state index contributed by atoms with van der Waals surface area (Å²) in [6.45, 7) is 2.11. The molecule has 0 saturated carbocycles. The number of hydrogen-bond donors (Lipinski definition) is 0. The SMILES string of the molecule is Cc1ccc(C(Cl)c2csc3c(Br)cccc23)s1. The second kappa shape index (κ2) is 4.97. The van der Waals surface area contributed by atoms with Crippen LogP contribution in [-0.2, 0) is 0 Å². The first-order chi connectivity index (χ1) is 8.66. The summed E-state index contributed by atoms with van der Waals surface area (Å²) >= 11 is 13.7. The molecule has 0 aliphatic rings. The van der Waals surface area contributed by atoms with Gasteiger partial charge in [0.05, 0.1) is 5.38 Å². The van der Waals surface area contributed by atoms with Gasteiger partial charge in [-0.15, -0.1) is 34.3 Å². The van der Waals surface area contributed by atoms with Gasteiger partial charge < -0.3 is 0 Å². The Hall–Kier alpha value is -0.350. The number of benzene rings is 1. The van der Waals surface area contributed by atoms with Crippen molar-refractivity contribution in [1.82, 2.24) is 0 Å². The summed E-state index contributed by atoms with van der Waals surface area (Å²) in [5.41, 5.74) is 1.21. The molecule has 1 atom stereocenters. The maximum Gasteiger partial charge on any atom is 0.0941 e. The predicted molar refractivity (Wildman–Crippen MR) is 86.3 cm³/mol. The van der Waals surface area contributed by atoms with E-state index in [1.807, 2.05) is 0 Å². The Morgan fingerprint density at radius 2 is 2.06 bits per heavy atom. The maximum absolute atomic E-state index is 6.62. The van der Waals surface area contributed by atoms with Gasteiger partial charge in [0.1, 0.15) is 0 Å². The van der Waals surface area contributed by atoms with Crippen molar-refractivity contribution in [1.29, 1.82) is 0 Å². The van der Waals surface area contributed by atoms with Crippen LogP contribution in [0.25, 0.3) is 10.1 Å². The average molecular weight is 358 g/mol. The fourth-order valence-electron chi connectivity index (χ4n) is 1.98. The van der Waals surface area contributed by atoms with E-state index >= 15 is 0 Å². The van der Waals surface area contributed by atoms with Crippen LogP contribution in [0.5, 0.6) is 0 Å². The summed E-state index contributed by atoms with van der Waals surface area (Å²) in [5, 5.41) is 3.37. The van der Waals surface area contributed by atoms with Crippen LogP contribution in [0.1, 0.15) is 20.7 Å². The molecule has 0 fully saturated rings. The van der Waals surface area contributed by atoms with Gasteiger partial charge in [-0.05, 0) is 57.4 Å². The molecule has 1 aromatic carbocycles. The smallest absolute Gasteiger partial charge is 0.0941 e. The van der Waals surface area contributed by atoms with Crippen molar-refractivity contribution in [3.05, 3.63) is 55.5 Å². The van der Waals surface area contributed by atoms with Gasteiger partial charge in [-0.25, -0.2) is 0 Å². The van der Waals surface area contributed by atoms with Crippen molar-refractivity contribution < 1.29 is 0 Å². The van der Waals surface area contributed by atoms with Crippen LogP contribution in [0, 0.1) is 6.92 Å². The second-order valence-electron chi connectivity index (χ2n) is 4.12. The highest BCUT2D eigenvalue weighted by Crippen LogP contribution is 2.41. The summed E-state index contributed by atoms with van der Waals surface area (Å²) in [6, 6.07) is 10.5. The lowest BCUT2D eigenvalue weighted by molar-refractivity contribution is 1.22. The molecular formula is C14H10BrClS2. The van der Waals surface area contributed by atoms with Gasteiger partial charge in [0, 0.05) is 18.9 Å². The van der Waals surface area contributed by atoms with Gasteiger partial charge in [0.2, 0.25) is 0 Å². The van der Waals surface area contributed by atoms with Gasteiger partial charge in [-0.2, -0.15) is 0 Å². The van der Waals surface area contributed by atoms with E-state index in [2.05, 4.69) is 58.6 Å². The van der Waals surface area contributed by atoms with Gasteiger partial charge in [-0.3, -0.25) is 0 Å². The van der Waals surface area contributed by atoms with Crippen LogP contribution in [0.2, 0.25) is 0 Å². The lowest BCUT2D eigenvalue weighted by Gasteiger charge is -2.06. The van der Waals surface area contributed by atoms with E-state index in [1.165, 1.54) is 25.4 Å². The molecule has 18 heavy (non-hydrogen) atoms. The largest absolute Gasteiger partial charge is 0.144 e. The lowest BCUT2D eigenvalue weighted by atomic mass is 10.1. The summed E-state index contributed by atoms with van der Waals surface area (Å²) in [4.78, 5) is 2.52. The number of thiophene rings is 2. The van der Waals surface area contributed by atoms with E-state index in [-0.39, 0.29) is 5.38 Å². The Labute approximate surface area is 127 Å². The molecule has 0 nitrogen and oxygen atoms in total. The molecule has 0 spiro atoms. The molecule has 0 bridgehead atoms. The monoisotopic (exact) mass is 356 g/mol. The van der Waals surface area contributed by atoms with Gasteiger partial charge in [-0.1, -0.05) is 12.1 Å². The molecule has 4 heteroatoms. The van der Waals surface area contributed by atoms with Crippen LogP contribution in [0.3, 0.4) is 0 Å². The number of hydrogen-bond acceptors (Lipinski definition) is 2. The molecule has 0 N–H and O–H groups in total. The molecule has 0 aliphatic heterocycles. The lowest BCUT2D eigenvalue weighted by Crippen LogP contribution is -1.87. The van der Waals surface area contributed by atoms with E-state index in [1.54, 1.807) is 22.7 Å². The summed E-state index contributed by atoms with van der Waals surface area (Å²) in [5.74, 6) is 0. The molecule has 0 saturated heterocycles. The molecule has 1 unspecified atom stereocenters. The number of alkyl halides is 1. The van der Waals surface area contributed by atoms with Gasteiger partial charge in [0.25, 0.3) is 0 Å². The van der Waals surface area contributed by atoms with Crippen molar-refractivity contribution in [3.8, 4) is 0 Å². The van der Waals surface area contributed by atoms with Crippen LogP contribution in [0.4, 0.5) is 0 Å². The minimum atomic E-state index is -0.0493. The second-order valence-corrected chi connectivity index (χ2v) is 7.61. The summed E-state index contributed by atoms with van der Waals surface area (Å²) < 4.78 is 2.41. The Balaban J connectivity index is 2.12. The number of halogens is 2. The highest BCUT2D eigenvalue weighted by molar-refractivity contribution is 9.10. The van der Waals surface area contributed by atoms with Gasteiger partial charge >= 0.3 is 0 Å². The molecule has 0 radical (unpaired) electrons. The van der Waals surface area contributed by atoms with Crippen molar-refractivity contribution in [3.63, 3.8) is 0 Å². The standard InChI is InChI=1S/C14H10BrClS2/c1-8-5-6-12(18-8)13(16)10-7-17-14-9(10)3-2-4-11(14)15/h2-7,13H,1H3. The number of fused-ring (bicyclic) bond motifs is 1. The van der Waals surface area contributed by atoms with Gasteiger partial charge in [0.15, 0.2) is 0 Å². The van der Waals surface area contributed by atoms with E-state index in [0.29, 0.717) is 0 Å². The maximum atomic E-state index is 6.62. The summed E-state index contributed by atoms with van der Waals surface area (Å²) in [6.07, 6.45) is 0. The Morgan fingerprint density at radius 1 is 1.22 bits per heavy atom. The first-order valence-corrected chi connectivity index (χ1v) is 8.45. The minimum Gasteiger partial charge on any atom is -0.144 e. The molecule has 0 aliphatic carbocycles. The number of rotatable bonds is 2. The van der Waals surface area contributed by atoms with E-state index in [4.69, 9.17) is 11.6 Å². The molecule has 2 heterocycles. The molecule has 0 amide bonds. The summed E-state index contributed by atoms with van der Waals surface area (Å²) in [7, 11) is 0. The van der Waals surface area contributed by atoms with E-state index in [0.717, 1.165) is 4.47 Å². The first kappa shape index (κ1) is 12.7. The topological polar surface area (TPSA) is 0 Å². The third-order valence-corrected chi connectivity index (χ3v) is 6.50. The third kappa shape index (κ3) is 2.14. The molecule has 2 aromatic heterocycles. The molecular weight excluding hydrogens is 348 g/mol. The fraction of sp³-hybridized carbons (Fsp3) is 0.143. The Kier molecular flexibility index (Phi) is 3.50. The Bertz CT molecular complexity index is 699. The highest BCUT2D eigenvalue weighted by Gasteiger charge is 2.17. The van der Waals surface area contributed by atoms with Crippen LogP contribution in [-0.4, -0.2) is 0 Å². The molecule has 92 valence electrons. The zero-order valence-electron chi connectivity index (χ0n) is 9.61. The normalized spacial score (nSPS) is 13.1. The average Bonchev–Trinajstić information content (AvgIpc) is 2.95. The van der Waals surface area contributed by atoms with Crippen LogP contribution < -0.4 is 0 Å². The van der Waals surface area contributed by atoms with Crippen LogP contribution in [0.15, 0.2) is 40.2 Å².